The minimum Gasteiger partial charge on any atom is -0.204 e. The number of halogens is 2. The van der Waals surface area contributed by atoms with Crippen LogP contribution in [0.4, 0.5) is 8.78 Å². The second-order valence-electron chi connectivity index (χ2n) is 7.36. The van der Waals surface area contributed by atoms with E-state index in [1.54, 1.807) is 0 Å². The highest BCUT2D eigenvalue weighted by Gasteiger charge is 2.31. The van der Waals surface area contributed by atoms with Gasteiger partial charge in [0, 0.05) is 4.11 Å². The molecule has 3 atom stereocenters. The van der Waals surface area contributed by atoms with Gasteiger partial charge in [-0.1, -0.05) is 38.7 Å². The molecule has 0 amide bonds. The van der Waals surface area contributed by atoms with Crippen LogP contribution in [0.2, 0.25) is 0 Å². The predicted octanol–water partition coefficient (Wildman–Crippen LogP) is 6.85. The molecule has 1 aromatic carbocycles. The highest BCUT2D eigenvalue weighted by molar-refractivity contribution is 5.22. The van der Waals surface area contributed by atoms with Crippen molar-refractivity contribution in [1.29, 1.82) is 0 Å². The molecule has 2 aliphatic rings. The zero-order chi connectivity index (χ0) is 18.9. The Balaban J connectivity index is 1.70. The SMILES string of the molecule is [2H][C@@H]1C[C@@H](C2CCC(CCC)CC2)CC([2H])([2H])C1c1ccc(F)c(F)c1. The minimum atomic E-state index is -1.56. The molecule has 0 aliphatic heterocycles. The van der Waals surface area contributed by atoms with Crippen LogP contribution >= 0.6 is 0 Å². The summed E-state index contributed by atoms with van der Waals surface area (Å²) in [4.78, 5) is 0. The fourth-order valence-electron chi connectivity index (χ4n) is 4.43. The monoisotopic (exact) mass is 323 g/mol. The summed E-state index contributed by atoms with van der Waals surface area (Å²) in [7, 11) is 0. The van der Waals surface area contributed by atoms with Crippen molar-refractivity contribution in [1.82, 2.24) is 0 Å². The fourth-order valence-corrected chi connectivity index (χ4v) is 4.43. The van der Waals surface area contributed by atoms with Crippen LogP contribution in [0.5, 0.6) is 0 Å². The van der Waals surface area contributed by atoms with Crippen LogP contribution in [0.15, 0.2) is 18.2 Å². The van der Waals surface area contributed by atoms with E-state index in [4.69, 9.17) is 4.11 Å². The first-order chi connectivity index (χ1) is 12.3. The summed E-state index contributed by atoms with van der Waals surface area (Å²) in [5.74, 6) is -1.01. The molecular formula is C21H30F2. The Hall–Kier alpha value is -0.920. The largest absolute Gasteiger partial charge is 0.204 e. The summed E-state index contributed by atoms with van der Waals surface area (Å²) < 4.78 is 52.5. The third-order valence-electron chi connectivity index (χ3n) is 5.83. The van der Waals surface area contributed by atoms with Crippen molar-refractivity contribution in [2.45, 2.75) is 77.0 Å². The first-order valence-corrected chi connectivity index (χ1v) is 9.19. The number of hydrogen-bond acceptors (Lipinski definition) is 0. The molecule has 0 saturated heterocycles. The summed E-state index contributed by atoms with van der Waals surface area (Å²) in [5, 5.41) is 0. The smallest absolute Gasteiger partial charge is 0.159 e. The van der Waals surface area contributed by atoms with Crippen LogP contribution in [0.3, 0.4) is 0 Å². The molecule has 2 saturated carbocycles. The average Bonchev–Trinajstić information content (AvgIpc) is 2.57. The maximum absolute atomic E-state index is 13.6. The standard InChI is InChI=1S/C21H30F2/c1-2-3-15-4-6-16(7-5-15)17-8-10-18(11-9-17)19-12-13-20(22)21(23)14-19/h12-18H,2-11H2,1H3/t15?,16?,17-,18?/i10D,11D2/t10-,15?,16?,17-,18?/m1/s1. The van der Waals surface area contributed by atoms with E-state index < -0.39 is 30.3 Å². The number of rotatable bonds is 4. The van der Waals surface area contributed by atoms with Gasteiger partial charge in [-0.15, -0.1) is 0 Å². The number of benzene rings is 1. The van der Waals surface area contributed by atoms with Crippen LogP contribution < -0.4 is 0 Å². The van der Waals surface area contributed by atoms with Gasteiger partial charge in [0.2, 0.25) is 0 Å². The van der Waals surface area contributed by atoms with Crippen LogP contribution in [0, 0.1) is 29.4 Å². The van der Waals surface area contributed by atoms with E-state index in [0.29, 0.717) is 24.3 Å². The van der Waals surface area contributed by atoms with Crippen LogP contribution in [-0.2, 0) is 0 Å². The quantitative estimate of drug-likeness (QED) is 0.568. The zero-order valence-corrected chi connectivity index (χ0v) is 14.0. The maximum atomic E-state index is 13.6. The van der Waals surface area contributed by atoms with Crippen molar-refractivity contribution in [2.75, 3.05) is 0 Å². The molecule has 0 aromatic heterocycles. The Morgan fingerprint density at radius 1 is 1.00 bits per heavy atom. The molecule has 0 heterocycles. The summed E-state index contributed by atoms with van der Waals surface area (Å²) in [6.45, 7) is 2.23. The molecule has 1 unspecified atom stereocenters. The molecule has 0 bridgehead atoms. The Morgan fingerprint density at radius 2 is 1.74 bits per heavy atom. The molecule has 0 radical (unpaired) electrons. The van der Waals surface area contributed by atoms with E-state index >= 15 is 0 Å². The molecule has 2 fully saturated rings. The molecule has 0 spiro atoms. The van der Waals surface area contributed by atoms with E-state index in [9.17, 15) is 8.78 Å². The maximum Gasteiger partial charge on any atom is 0.159 e. The lowest BCUT2D eigenvalue weighted by molar-refractivity contribution is 0.156. The van der Waals surface area contributed by atoms with Gasteiger partial charge in [0.05, 0.1) is 0 Å². The third-order valence-corrected chi connectivity index (χ3v) is 5.83. The van der Waals surface area contributed by atoms with E-state index in [-0.39, 0.29) is 5.92 Å². The lowest BCUT2D eigenvalue weighted by Gasteiger charge is -2.38. The Kier molecular flexibility index (Phi) is 4.52. The second-order valence-corrected chi connectivity index (χ2v) is 7.36. The molecular weight excluding hydrogens is 290 g/mol. The van der Waals surface area contributed by atoms with E-state index in [0.717, 1.165) is 30.9 Å². The highest BCUT2D eigenvalue weighted by atomic mass is 19.2. The van der Waals surface area contributed by atoms with Gasteiger partial charge in [0.1, 0.15) is 0 Å². The lowest BCUT2D eigenvalue weighted by Crippen LogP contribution is -2.25. The summed E-state index contributed by atoms with van der Waals surface area (Å²) in [5.41, 5.74) is 0.416. The van der Waals surface area contributed by atoms with Gasteiger partial charge in [-0.05, 0) is 79.8 Å². The van der Waals surface area contributed by atoms with Crippen molar-refractivity contribution in [3.05, 3.63) is 35.4 Å². The van der Waals surface area contributed by atoms with Gasteiger partial charge < -0.3 is 0 Å². The van der Waals surface area contributed by atoms with Crippen LogP contribution in [-0.4, -0.2) is 0 Å². The normalized spacial score (nSPS) is 39.3. The third kappa shape index (κ3) is 4.14. The summed E-state index contributed by atoms with van der Waals surface area (Å²) in [6.07, 6.45) is 6.19. The molecule has 3 rings (SSSR count). The predicted molar refractivity (Wildman–Crippen MR) is 91.4 cm³/mol. The molecule has 0 nitrogen and oxygen atoms in total. The van der Waals surface area contributed by atoms with E-state index in [2.05, 4.69) is 6.92 Å². The van der Waals surface area contributed by atoms with Gasteiger partial charge >= 0.3 is 0 Å². The molecule has 2 heteroatoms. The Morgan fingerprint density at radius 3 is 2.39 bits per heavy atom. The fraction of sp³-hybridized carbons (Fsp3) is 0.714. The molecule has 128 valence electrons. The zero-order valence-electron chi connectivity index (χ0n) is 17.0. The van der Waals surface area contributed by atoms with Crippen molar-refractivity contribution in [3.63, 3.8) is 0 Å². The summed E-state index contributed by atoms with van der Waals surface area (Å²) >= 11 is 0. The first-order valence-electron chi connectivity index (χ1n) is 10.8. The second kappa shape index (κ2) is 7.77. The Labute approximate surface area is 143 Å². The van der Waals surface area contributed by atoms with Gasteiger partial charge in [0.15, 0.2) is 11.6 Å². The lowest BCUT2D eigenvalue weighted by atomic mass is 9.68. The van der Waals surface area contributed by atoms with Gasteiger partial charge in [-0.3, -0.25) is 0 Å². The molecule has 1 aromatic rings. The van der Waals surface area contributed by atoms with Gasteiger partial charge in [0.25, 0.3) is 0 Å². The Bertz CT molecular complexity index is 611. The van der Waals surface area contributed by atoms with E-state index in [1.165, 1.54) is 31.7 Å². The van der Waals surface area contributed by atoms with E-state index in [1.807, 2.05) is 0 Å². The summed E-state index contributed by atoms with van der Waals surface area (Å²) in [6, 6.07) is 3.57. The highest BCUT2D eigenvalue weighted by Crippen LogP contribution is 2.44. The van der Waals surface area contributed by atoms with Crippen molar-refractivity contribution < 1.29 is 12.9 Å². The van der Waals surface area contributed by atoms with Crippen molar-refractivity contribution in [2.24, 2.45) is 17.8 Å². The number of hydrogen-bond donors (Lipinski definition) is 0. The average molecular weight is 323 g/mol. The molecule has 0 N–H and O–H groups in total. The molecule has 2 aliphatic carbocycles. The van der Waals surface area contributed by atoms with Crippen molar-refractivity contribution in [3.8, 4) is 0 Å². The molecule has 23 heavy (non-hydrogen) atoms. The van der Waals surface area contributed by atoms with Gasteiger partial charge in [-0.25, -0.2) is 8.78 Å². The van der Waals surface area contributed by atoms with Crippen LogP contribution in [0.1, 0.15) is 86.7 Å². The van der Waals surface area contributed by atoms with Gasteiger partial charge in [-0.2, -0.15) is 0 Å². The minimum absolute atomic E-state index is 0.233. The topological polar surface area (TPSA) is 0 Å². The van der Waals surface area contributed by atoms with Crippen LogP contribution in [0.25, 0.3) is 0 Å². The first kappa shape index (κ1) is 13.4. The van der Waals surface area contributed by atoms with Crippen molar-refractivity contribution >= 4 is 0 Å².